The molecule has 2 aromatic heterocycles. The molecule has 1 fully saturated rings. The molecule has 1 aliphatic rings. The third-order valence-electron chi connectivity index (χ3n) is 4.58. The standard InChI is InChI=1S/C20H21Cl2N5O/c21-15-10-14(11-16(22)13-15)12-17(20-24-4-5-25-20)28-19-3-1-2-18(26-19)27-8-6-23-7-9-27/h1-5,10-11,13,17,23H,6-9,12H2,(H,24,25). The molecule has 3 aromatic rings. The van der Waals surface area contributed by atoms with Crippen molar-refractivity contribution < 1.29 is 4.74 Å². The lowest BCUT2D eigenvalue weighted by Gasteiger charge is -2.28. The van der Waals surface area contributed by atoms with Crippen LogP contribution < -0.4 is 15.0 Å². The molecule has 0 spiro atoms. The average Bonchev–Trinajstić information content (AvgIpc) is 3.22. The number of pyridine rings is 1. The van der Waals surface area contributed by atoms with Gasteiger partial charge in [-0.1, -0.05) is 29.3 Å². The number of hydrogen-bond acceptors (Lipinski definition) is 5. The number of nitrogens with one attached hydrogen (secondary N) is 2. The third kappa shape index (κ3) is 4.76. The third-order valence-corrected chi connectivity index (χ3v) is 5.02. The highest BCUT2D eigenvalue weighted by atomic mass is 35.5. The fourth-order valence-corrected chi connectivity index (χ4v) is 3.85. The number of aromatic nitrogens is 3. The molecule has 6 nitrogen and oxygen atoms in total. The van der Waals surface area contributed by atoms with Crippen LogP contribution in [0.3, 0.4) is 0 Å². The first kappa shape index (κ1) is 19.1. The first-order valence-corrected chi connectivity index (χ1v) is 9.96. The highest BCUT2D eigenvalue weighted by Crippen LogP contribution is 2.27. The van der Waals surface area contributed by atoms with Crippen LogP contribution in [0.25, 0.3) is 0 Å². The van der Waals surface area contributed by atoms with Gasteiger partial charge in [0, 0.05) is 61.1 Å². The molecule has 2 N–H and O–H groups in total. The molecule has 1 aromatic carbocycles. The van der Waals surface area contributed by atoms with Crippen molar-refractivity contribution in [2.45, 2.75) is 12.5 Å². The number of piperazine rings is 1. The largest absolute Gasteiger partial charge is 0.466 e. The summed E-state index contributed by atoms with van der Waals surface area (Å²) >= 11 is 12.3. The smallest absolute Gasteiger partial charge is 0.215 e. The fraction of sp³-hybridized carbons (Fsp3) is 0.300. The molecule has 146 valence electrons. The Morgan fingerprint density at radius 1 is 1.11 bits per heavy atom. The monoisotopic (exact) mass is 417 g/mol. The van der Waals surface area contributed by atoms with E-state index in [2.05, 4.69) is 20.2 Å². The van der Waals surface area contributed by atoms with Crippen molar-refractivity contribution in [2.75, 3.05) is 31.1 Å². The minimum Gasteiger partial charge on any atom is -0.466 e. The summed E-state index contributed by atoms with van der Waals surface area (Å²) in [7, 11) is 0. The van der Waals surface area contributed by atoms with Gasteiger partial charge in [0.1, 0.15) is 11.6 Å². The Labute approximate surface area is 173 Å². The second-order valence-electron chi connectivity index (χ2n) is 6.63. The van der Waals surface area contributed by atoms with Gasteiger partial charge in [-0.05, 0) is 29.8 Å². The fourth-order valence-electron chi connectivity index (χ4n) is 3.28. The maximum Gasteiger partial charge on any atom is 0.215 e. The van der Waals surface area contributed by atoms with Crippen LogP contribution in [0.5, 0.6) is 5.88 Å². The minimum absolute atomic E-state index is 0.338. The van der Waals surface area contributed by atoms with Crippen molar-refractivity contribution in [1.29, 1.82) is 0 Å². The molecule has 0 saturated carbocycles. The Bertz CT molecular complexity index is 892. The van der Waals surface area contributed by atoms with Gasteiger partial charge in [-0.3, -0.25) is 0 Å². The van der Waals surface area contributed by atoms with E-state index >= 15 is 0 Å². The number of nitrogens with zero attached hydrogens (tertiary/aromatic N) is 3. The molecule has 1 atom stereocenters. The summed E-state index contributed by atoms with van der Waals surface area (Å²) in [6.45, 7) is 3.77. The van der Waals surface area contributed by atoms with Gasteiger partial charge in [0.15, 0.2) is 6.10 Å². The van der Waals surface area contributed by atoms with Crippen LogP contribution >= 0.6 is 23.2 Å². The van der Waals surface area contributed by atoms with Crippen LogP contribution in [0.1, 0.15) is 17.5 Å². The average molecular weight is 418 g/mol. The van der Waals surface area contributed by atoms with Crippen LogP contribution in [0.15, 0.2) is 48.8 Å². The number of rotatable bonds is 6. The maximum absolute atomic E-state index is 6.24. The number of hydrogen-bond donors (Lipinski definition) is 2. The van der Waals surface area contributed by atoms with Gasteiger partial charge in [0.05, 0.1) is 0 Å². The Morgan fingerprint density at radius 2 is 1.89 bits per heavy atom. The van der Waals surface area contributed by atoms with Gasteiger partial charge < -0.3 is 19.9 Å². The lowest BCUT2D eigenvalue weighted by Crippen LogP contribution is -2.43. The maximum atomic E-state index is 6.24. The number of anilines is 1. The van der Waals surface area contributed by atoms with Gasteiger partial charge in [-0.15, -0.1) is 0 Å². The molecule has 1 saturated heterocycles. The first-order valence-electron chi connectivity index (χ1n) is 9.21. The van der Waals surface area contributed by atoms with Crippen molar-refractivity contribution >= 4 is 29.0 Å². The van der Waals surface area contributed by atoms with Crippen molar-refractivity contribution in [3.8, 4) is 5.88 Å². The first-order chi connectivity index (χ1) is 13.7. The van der Waals surface area contributed by atoms with Crippen LogP contribution in [0.2, 0.25) is 10.0 Å². The molecular weight excluding hydrogens is 397 g/mol. The van der Waals surface area contributed by atoms with E-state index in [9.17, 15) is 0 Å². The molecule has 1 aliphatic heterocycles. The topological polar surface area (TPSA) is 66.1 Å². The number of imidazole rings is 1. The van der Waals surface area contributed by atoms with Gasteiger partial charge >= 0.3 is 0 Å². The zero-order valence-electron chi connectivity index (χ0n) is 15.2. The summed E-state index contributed by atoms with van der Waals surface area (Å²) in [5, 5.41) is 4.55. The number of H-pyrrole nitrogens is 1. The highest BCUT2D eigenvalue weighted by molar-refractivity contribution is 6.34. The number of aromatic amines is 1. The predicted molar refractivity (Wildman–Crippen MR) is 111 cm³/mol. The van der Waals surface area contributed by atoms with E-state index in [1.165, 1.54) is 0 Å². The van der Waals surface area contributed by atoms with E-state index in [0.29, 0.717) is 22.3 Å². The van der Waals surface area contributed by atoms with E-state index in [4.69, 9.17) is 32.9 Å². The Balaban J connectivity index is 1.56. The SMILES string of the molecule is Clc1cc(Cl)cc(CC(Oc2cccc(N3CCNCC3)n2)c2ncc[nH]2)c1. The van der Waals surface area contributed by atoms with Crippen molar-refractivity contribution in [1.82, 2.24) is 20.3 Å². The van der Waals surface area contributed by atoms with Gasteiger partial charge in [-0.2, -0.15) is 4.98 Å². The molecule has 0 aliphatic carbocycles. The molecule has 8 heteroatoms. The zero-order valence-corrected chi connectivity index (χ0v) is 16.7. The van der Waals surface area contributed by atoms with Crippen LogP contribution in [0, 0.1) is 0 Å². The van der Waals surface area contributed by atoms with Gasteiger partial charge in [-0.25, -0.2) is 4.98 Å². The Kier molecular flexibility index (Phi) is 6.00. The van der Waals surface area contributed by atoms with Gasteiger partial charge in [0.2, 0.25) is 5.88 Å². The number of benzene rings is 1. The minimum atomic E-state index is -0.338. The second-order valence-corrected chi connectivity index (χ2v) is 7.51. The molecule has 1 unspecified atom stereocenters. The number of ether oxygens (including phenoxy) is 1. The summed E-state index contributed by atoms with van der Waals surface area (Å²) < 4.78 is 6.24. The predicted octanol–water partition coefficient (Wildman–Crippen LogP) is 3.88. The normalized spacial score (nSPS) is 15.4. The van der Waals surface area contributed by atoms with E-state index in [-0.39, 0.29) is 6.10 Å². The summed E-state index contributed by atoms with van der Waals surface area (Å²) in [6, 6.07) is 11.3. The zero-order chi connectivity index (χ0) is 19.3. The van der Waals surface area contributed by atoms with Crippen molar-refractivity contribution in [3.05, 3.63) is 70.2 Å². The number of halogens is 2. The van der Waals surface area contributed by atoms with Crippen molar-refractivity contribution in [3.63, 3.8) is 0 Å². The van der Waals surface area contributed by atoms with Crippen LogP contribution in [-0.4, -0.2) is 41.1 Å². The lowest BCUT2D eigenvalue weighted by atomic mass is 10.1. The van der Waals surface area contributed by atoms with E-state index in [0.717, 1.165) is 43.4 Å². The van der Waals surface area contributed by atoms with E-state index in [1.807, 2.05) is 30.3 Å². The molecule has 4 rings (SSSR count). The quantitative estimate of drug-likeness (QED) is 0.636. The summed E-state index contributed by atoms with van der Waals surface area (Å²) in [5.74, 6) is 2.21. The van der Waals surface area contributed by atoms with E-state index in [1.54, 1.807) is 18.5 Å². The Hall–Kier alpha value is -2.28. The van der Waals surface area contributed by atoms with Gasteiger partial charge in [0.25, 0.3) is 0 Å². The highest BCUT2D eigenvalue weighted by Gasteiger charge is 2.19. The molecule has 28 heavy (non-hydrogen) atoms. The summed E-state index contributed by atoms with van der Waals surface area (Å²) in [5.41, 5.74) is 0.970. The molecular formula is C20H21Cl2N5O. The molecule has 0 bridgehead atoms. The molecule has 0 radical (unpaired) electrons. The lowest BCUT2D eigenvalue weighted by molar-refractivity contribution is 0.189. The summed E-state index contributed by atoms with van der Waals surface area (Å²) in [6.07, 6.45) is 3.71. The summed E-state index contributed by atoms with van der Waals surface area (Å²) in [4.78, 5) is 14.5. The Morgan fingerprint density at radius 3 is 2.61 bits per heavy atom. The molecule has 0 amide bonds. The second kappa shape index (κ2) is 8.82. The van der Waals surface area contributed by atoms with Crippen LogP contribution in [-0.2, 0) is 6.42 Å². The van der Waals surface area contributed by atoms with Crippen molar-refractivity contribution in [2.24, 2.45) is 0 Å². The van der Waals surface area contributed by atoms with Crippen LogP contribution in [0.4, 0.5) is 5.82 Å². The molecule has 3 heterocycles. The van der Waals surface area contributed by atoms with E-state index < -0.39 is 0 Å².